The standard InChI is InChI=1S/C18H19N5O3/c1-11-6-4-5-7-14(11)17-20-18(26-22-17)13(3)19-15(24)10-23-16(25)9-8-12(2)21-23/h4-9,13H,10H2,1-3H3,(H,19,24). The van der Waals surface area contributed by atoms with Crippen LogP contribution in [0.15, 0.2) is 45.7 Å². The van der Waals surface area contributed by atoms with Gasteiger partial charge in [0, 0.05) is 11.6 Å². The number of nitrogens with one attached hydrogen (secondary N) is 1. The van der Waals surface area contributed by atoms with E-state index >= 15 is 0 Å². The molecule has 3 rings (SSSR count). The zero-order chi connectivity index (χ0) is 18.7. The molecule has 1 N–H and O–H groups in total. The largest absolute Gasteiger partial charge is 0.343 e. The molecule has 0 bridgehead atoms. The van der Waals surface area contributed by atoms with Crippen molar-refractivity contribution in [1.29, 1.82) is 0 Å². The normalized spacial score (nSPS) is 12.0. The number of aryl methyl sites for hydroxylation is 2. The van der Waals surface area contributed by atoms with E-state index in [1.807, 2.05) is 31.2 Å². The Morgan fingerprint density at radius 1 is 1.23 bits per heavy atom. The molecule has 1 unspecified atom stereocenters. The maximum Gasteiger partial charge on any atom is 0.267 e. The summed E-state index contributed by atoms with van der Waals surface area (Å²) in [6.45, 7) is 5.27. The first kappa shape index (κ1) is 17.5. The van der Waals surface area contributed by atoms with Crippen LogP contribution in [0.25, 0.3) is 11.4 Å². The number of carbonyl (C=O) groups excluding carboxylic acids is 1. The van der Waals surface area contributed by atoms with Crippen molar-refractivity contribution in [2.24, 2.45) is 0 Å². The van der Waals surface area contributed by atoms with Crippen LogP contribution in [-0.2, 0) is 11.3 Å². The van der Waals surface area contributed by atoms with Crippen molar-refractivity contribution in [2.45, 2.75) is 33.4 Å². The Balaban J connectivity index is 1.69. The van der Waals surface area contributed by atoms with Gasteiger partial charge >= 0.3 is 0 Å². The Labute approximate surface area is 149 Å². The van der Waals surface area contributed by atoms with Gasteiger partial charge in [0.1, 0.15) is 12.6 Å². The third-order valence-corrected chi connectivity index (χ3v) is 3.87. The van der Waals surface area contributed by atoms with Crippen LogP contribution in [0.1, 0.15) is 30.1 Å². The van der Waals surface area contributed by atoms with E-state index in [1.54, 1.807) is 19.9 Å². The van der Waals surface area contributed by atoms with Crippen LogP contribution >= 0.6 is 0 Å². The number of nitrogens with zero attached hydrogens (tertiary/aromatic N) is 4. The molecule has 8 nitrogen and oxygen atoms in total. The van der Waals surface area contributed by atoms with Crippen LogP contribution in [0.4, 0.5) is 0 Å². The highest BCUT2D eigenvalue weighted by molar-refractivity contribution is 5.76. The number of hydrogen-bond donors (Lipinski definition) is 1. The van der Waals surface area contributed by atoms with Gasteiger partial charge in [-0.2, -0.15) is 10.1 Å². The lowest BCUT2D eigenvalue weighted by Crippen LogP contribution is -2.35. The average molecular weight is 353 g/mol. The molecule has 3 aromatic rings. The lowest BCUT2D eigenvalue weighted by molar-refractivity contribution is -0.122. The van der Waals surface area contributed by atoms with E-state index in [-0.39, 0.29) is 18.0 Å². The highest BCUT2D eigenvalue weighted by Crippen LogP contribution is 2.21. The monoisotopic (exact) mass is 353 g/mol. The van der Waals surface area contributed by atoms with Gasteiger partial charge in [0.15, 0.2) is 0 Å². The van der Waals surface area contributed by atoms with Gasteiger partial charge < -0.3 is 9.84 Å². The molecule has 26 heavy (non-hydrogen) atoms. The summed E-state index contributed by atoms with van der Waals surface area (Å²) in [6, 6.07) is 10.2. The lowest BCUT2D eigenvalue weighted by atomic mass is 10.1. The van der Waals surface area contributed by atoms with Gasteiger partial charge in [-0.1, -0.05) is 29.4 Å². The Bertz CT molecular complexity index is 992. The fourth-order valence-corrected chi connectivity index (χ4v) is 2.49. The molecular formula is C18H19N5O3. The van der Waals surface area contributed by atoms with Crippen LogP contribution in [0, 0.1) is 13.8 Å². The molecule has 8 heteroatoms. The van der Waals surface area contributed by atoms with Gasteiger partial charge in [-0.15, -0.1) is 0 Å². The van der Waals surface area contributed by atoms with Crippen molar-refractivity contribution < 1.29 is 9.32 Å². The SMILES string of the molecule is Cc1ccc(=O)n(CC(=O)NC(C)c2nc(-c3ccccc3C)no2)n1. The minimum absolute atomic E-state index is 0.177. The van der Waals surface area contributed by atoms with Crippen molar-refractivity contribution in [3.8, 4) is 11.4 Å². The minimum atomic E-state index is -0.492. The lowest BCUT2D eigenvalue weighted by Gasteiger charge is -2.10. The van der Waals surface area contributed by atoms with Crippen molar-refractivity contribution in [1.82, 2.24) is 25.2 Å². The van der Waals surface area contributed by atoms with Crippen LogP contribution in [-0.4, -0.2) is 25.8 Å². The van der Waals surface area contributed by atoms with Crippen molar-refractivity contribution in [3.63, 3.8) is 0 Å². The first-order valence-corrected chi connectivity index (χ1v) is 8.18. The predicted molar refractivity (Wildman–Crippen MR) is 94.3 cm³/mol. The van der Waals surface area contributed by atoms with Crippen LogP contribution < -0.4 is 10.9 Å². The van der Waals surface area contributed by atoms with E-state index < -0.39 is 6.04 Å². The molecule has 0 spiro atoms. The summed E-state index contributed by atoms with van der Waals surface area (Å²) in [5, 5.41) is 10.8. The second-order valence-corrected chi connectivity index (χ2v) is 6.03. The number of rotatable bonds is 5. The Morgan fingerprint density at radius 2 is 2.00 bits per heavy atom. The summed E-state index contributed by atoms with van der Waals surface area (Å²) in [7, 11) is 0. The average Bonchev–Trinajstić information content (AvgIpc) is 3.08. The molecule has 0 saturated heterocycles. The van der Waals surface area contributed by atoms with Gasteiger partial charge in [0.2, 0.25) is 17.6 Å². The summed E-state index contributed by atoms with van der Waals surface area (Å²) < 4.78 is 6.38. The third kappa shape index (κ3) is 3.85. The quantitative estimate of drug-likeness (QED) is 0.750. The smallest absolute Gasteiger partial charge is 0.267 e. The fraction of sp³-hybridized carbons (Fsp3) is 0.278. The molecule has 2 aromatic heterocycles. The molecule has 0 radical (unpaired) electrons. The third-order valence-electron chi connectivity index (χ3n) is 3.87. The molecule has 134 valence electrons. The van der Waals surface area contributed by atoms with Crippen molar-refractivity contribution in [3.05, 3.63) is 63.9 Å². The van der Waals surface area contributed by atoms with Gasteiger partial charge in [0.25, 0.3) is 5.56 Å². The summed E-state index contributed by atoms with van der Waals surface area (Å²) in [6.07, 6.45) is 0. The first-order chi connectivity index (χ1) is 12.4. The summed E-state index contributed by atoms with van der Waals surface area (Å²) >= 11 is 0. The van der Waals surface area contributed by atoms with E-state index in [0.717, 1.165) is 15.8 Å². The fourth-order valence-electron chi connectivity index (χ4n) is 2.49. The van der Waals surface area contributed by atoms with E-state index in [2.05, 4.69) is 20.6 Å². The van der Waals surface area contributed by atoms with Crippen molar-refractivity contribution >= 4 is 5.91 Å². The molecule has 0 saturated carbocycles. The highest BCUT2D eigenvalue weighted by atomic mass is 16.5. The van der Waals surface area contributed by atoms with Gasteiger partial charge in [0.05, 0.1) is 5.69 Å². The highest BCUT2D eigenvalue weighted by Gasteiger charge is 2.18. The summed E-state index contributed by atoms with van der Waals surface area (Å²) in [5.74, 6) is 0.394. The Kier molecular flexibility index (Phi) is 4.92. The zero-order valence-electron chi connectivity index (χ0n) is 14.8. The molecular weight excluding hydrogens is 334 g/mol. The topological polar surface area (TPSA) is 103 Å². The summed E-state index contributed by atoms with van der Waals surface area (Å²) in [4.78, 5) is 28.3. The van der Waals surface area contributed by atoms with Crippen LogP contribution in [0.3, 0.4) is 0 Å². The number of carbonyl (C=O) groups is 1. The number of hydrogen-bond acceptors (Lipinski definition) is 6. The Morgan fingerprint density at radius 3 is 2.77 bits per heavy atom. The number of amides is 1. The zero-order valence-corrected chi connectivity index (χ0v) is 14.8. The predicted octanol–water partition coefficient (Wildman–Crippen LogP) is 1.79. The van der Waals surface area contributed by atoms with E-state index in [9.17, 15) is 9.59 Å². The molecule has 0 aliphatic rings. The molecule has 0 fully saturated rings. The maximum atomic E-state index is 12.2. The number of benzene rings is 1. The summed E-state index contributed by atoms with van der Waals surface area (Å²) in [5.41, 5.74) is 2.22. The molecule has 1 atom stereocenters. The number of aromatic nitrogens is 4. The molecule has 1 aromatic carbocycles. The second-order valence-electron chi connectivity index (χ2n) is 6.03. The molecule has 1 amide bonds. The van der Waals surface area contributed by atoms with Crippen LogP contribution in [0.5, 0.6) is 0 Å². The van der Waals surface area contributed by atoms with Gasteiger partial charge in [-0.05, 0) is 32.4 Å². The van der Waals surface area contributed by atoms with Gasteiger partial charge in [-0.3, -0.25) is 9.59 Å². The maximum absolute atomic E-state index is 12.2. The molecule has 2 heterocycles. The van der Waals surface area contributed by atoms with E-state index in [1.165, 1.54) is 6.07 Å². The van der Waals surface area contributed by atoms with E-state index in [4.69, 9.17) is 4.52 Å². The molecule has 0 aliphatic carbocycles. The van der Waals surface area contributed by atoms with Crippen LogP contribution in [0.2, 0.25) is 0 Å². The minimum Gasteiger partial charge on any atom is -0.343 e. The second kappa shape index (κ2) is 7.30. The Hall–Kier alpha value is -3.29. The molecule has 0 aliphatic heterocycles. The van der Waals surface area contributed by atoms with Crippen molar-refractivity contribution in [2.75, 3.05) is 0 Å². The van der Waals surface area contributed by atoms with E-state index in [0.29, 0.717) is 17.4 Å². The first-order valence-electron chi connectivity index (χ1n) is 8.18. The van der Waals surface area contributed by atoms with Gasteiger partial charge in [-0.25, -0.2) is 4.68 Å².